The molecule has 0 bridgehead atoms. The zero-order chi connectivity index (χ0) is 12.1. The first-order valence-corrected chi connectivity index (χ1v) is 7.11. The highest BCUT2D eigenvalue weighted by Gasteiger charge is 2.26. The van der Waals surface area contributed by atoms with E-state index in [1.165, 1.54) is 38.5 Å². The zero-order valence-corrected chi connectivity index (χ0v) is 11.2. The molecule has 0 aliphatic heterocycles. The molecule has 1 saturated carbocycles. The van der Waals surface area contributed by atoms with E-state index in [0.29, 0.717) is 6.04 Å². The largest absolute Gasteiger partial charge is 0.465 e. The zero-order valence-electron chi connectivity index (χ0n) is 11.2. The summed E-state index contributed by atoms with van der Waals surface area (Å²) in [5, 5.41) is 3.68. The average Bonchev–Trinajstić information content (AvgIpc) is 2.78. The van der Waals surface area contributed by atoms with Crippen molar-refractivity contribution in [3.05, 3.63) is 23.7 Å². The molecule has 1 aliphatic rings. The summed E-state index contributed by atoms with van der Waals surface area (Å²) in [5.41, 5.74) is 0. The Morgan fingerprint density at radius 3 is 2.65 bits per heavy atom. The van der Waals surface area contributed by atoms with E-state index in [9.17, 15) is 0 Å². The first-order chi connectivity index (χ1) is 8.31. The fourth-order valence-corrected chi connectivity index (χ4v) is 2.89. The highest BCUT2D eigenvalue weighted by Crippen LogP contribution is 2.35. The van der Waals surface area contributed by atoms with Crippen molar-refractivity contribution in [2.24, 2.45) is 5.92 Å². The number of furan rings is 1. The smallest absolute Gasteiger partial charge is 0.121 e. The molecule has 1 unspecified atom stereocenters. The fourth-order valence-electron chi connectivity index (χ4n) is 2.89. The molecular weight excluding hydrogens is 210 g/mol. The quantitative estimate of drug-likeness (QED) is 0.827. The third-order valence-electron chi connectivity index (χ3n) is 3.80. The number of nitrogens with one attached hydrogen (secondary N) is 1. The lowest BCUT2D eigenvalue weighted by Crippen LogP contribution is -2.30. The van der Waals surface area contributed by atoms with E-state index in [2.05, 4.69) is 24.4 Å². The van der Waals surface area contributed by atoms with Crippen molar-refractivity contribution in [3.8, 4) is 0 Å². The molecule has 0 radical (unpaired) electrons. The van der Waals surface area contributed by atoms with Crippen LogP contribution in [0.2, 0.25) is 0 Å². The normalized spacial score (nSPS) is 19.4. The Morgan fingerprint density at radius 1 is 1.29 bits per heavy atom. The van der Waals surface area contributed by atoms with Crippen LogP contribution in [0.15, 0.2) is 16.5 Å². The Hall–Kier alpha value is -0.760. The second-order valence-electron chi connectivity index (χ2n) is 5.28. The van der Waals surface area contributed by atoms with Crippen LogP contribution in [0.3, 0.4) is 0 Å². The minimum absolute atomic E-state index is 0.434. The molecule has 1 atom stereocenters. The minimum Gasteiger partial charge on any atom is -0.465 e. The van der Waals surface area contributed by atoms with Crippen LogP contribution in [0.4, 0.5) is 0 Å². The molecular formula is C15H25NO. The molecule has 1 aromatic heterocycles. The summed E-state index contributed by atoms with van der Waals surface area (Å²) in [7, 11) is 0. The van der Waals surface area contributed by atoms with E-state index in [0.717, 1.165) is 24.0 Å². The van der Waals surface area contributed by atoms with Crippen LogP contribution in [0, 0.1) is 12.8 Å². The first-order valence-electron chi connectivity index (χ1n) is 7.11. The van der Waals surface area contributed by atoms with Gasteiger partial charge in [-0.25, -0.2) is 0 Å². The van der Waals surface area contributed by atoms with Gasteiger partial charge in [-0.15, -0.1) is 0 Å². The van der Waals surface area contributed by atoms with E-state index in [1.54, 1.807) is 0 Å². The molecule has 1 N–H and O–H groups in total. The summed E-state index contributed by atoms with van der Waals surface area (Å²) in [6.07, 6.45) is 8.06. The highest BCUT2D eigenvalue weighted by atomic mass is 16.3. The van der Waals surface area contributed by atoms with Crippen molar-refractivity contribution in [1.82, 2.24) is 5.32 Å². The maximum Gasteiger partial charge on any atom is 0.121 e. The van der Waals surface area contributed by atoms with E-state index in [1.807, 2.05) is 6.92 Å². The summed E-state index contributed by atoms with van der Waals surface area (Å²) >= 11 is 0. The van der Waals surface area contributed by atoms with Crippen LogP contribution < -0.4 is 5.32 Å². The summed E-state index contributed by atoms with van der Waals surface area (Å²) in [6, 6.07) is 4.67. The predicted octanol–water partition coefficient (Wildman–Crippen LogP) is 4.21. The molecule has 17 heavy (non-hydrogen) atoms. The molecule has 0 amide bonds. The highest BCUT2D eigenvalue weighted by molar-refractivity contribution is 5.11. The van der Waals surface area contributed by atoms with Gasteiger partial charge in [-0.05, 0) is 50.8 Å². The van der Waals surface area contributed by atoms with E-state index < -0.39 is 0 Å². The molecule has 0 spiro atoms. The van der Waals surface area contributed by atoms with Crippen molar-refractivity contribution >= 4 is 0 Å². The molecule has 1 aliphatic carbocycles. The van der Waals surface area contributed by atoms with Crippen molar-refractivity contribution in [2.75, 3.05) is 6.54 Å². The second-order valence-corrected chi connectivity index (χ2v) is 5.28. The maximum absolute atomic E-state index is 5.83. The molecule has 1 fully saturated rings. The lowest BCUT2D eigenvalue weighted by atomic mass is 9.83. The lowest BCUT2D eigenvalue weighted by molar-refractivity contribution is 0.242. The summed E-state index contributed by atoms with van der Waals surface area (Å²) in [4.78, 5) is 0. The molecule has 0 aromatic carbocycles. The fraction of sp³-hybridized carbons (Fsp3) is 0.733. The number of hydrogen-bond acceptors (Lipinski definition) is 2. The van der Waals surface area contributed by atoms with Crippen LogP contribution in [0.25, 0.3) is 0 Å². The summed E-state index contributed by atoms with van der Waals surface area (Å²) in [5.74, 6) is 2.93. The van der Waals surface area contributed by atoms with Gasteiger partial charge in [0.1, 0.15) is 11.5 Å². The molecule has 0 saturated heterocycles. The van der Waals surface area contributed by atoms with Crippen molar-refractivity contribution in [3.63, 3.8) is 0 Å². The average molecular weight is 235 g/mol. The van der Waals surface area contributed by atoms with Crippen LogP contribution >= 0.6 is 0 Å². The molecule has 2 nitrogen and oxygen atoms in total. The monoisotopic (exact) mass is 235 g/mol. The van der Waals surface area contributed by atoms with E-state index in [-0.39, 0.29) is 0 Å². The van der Waals surface area contributed by atoms with Crippen LogP contribution in [-0.4, -0.2) is 6.54 Å². The van der Waals surface area contributed by atoms with Crippen LogP contribution in [0.5, 0.6) is 0 Å². The van der Waals surface area contributed by atoms with Crippen molar-refractivity contribution < 1.29 is 4.42 Å². The SMILES string of the molecule is CCCNC(c1ccc(C)o1)C1CCCCC1. The van der Waals surface area contributed by atoms with Gasteiger partial charge < -0.3 is 9.73 Å². The van der Waals surface area contributed by atoms with Gasteiger partial charge >= 0.3 is 0 Å². The van der Waals surface area contributed by atoms with Gasteiger partial charge in [-0.2, -0.15) is 0 Å². The molecule has 1 heterocycles. The Kier molecular flexibility index (Phi) is 4.66. The van der Waals surface area contributed by atoms with Crippen LogP contribution in [-0.2, 0) is 0 Å². The van der Waals surface area contributed by atoms with Gasteiger partial charge in [-0.3, -0.25) is 0 Å². The van der Waals surface area contributed by atoms with E-state index in [4.69, 9.17) is 4.42 Å². The number of rotatable bonds is 5. The third-order valence-corrected chi connectivity index (χ3v) is 3.80. The maximum atomic E-state index is 5.83. The van der Waals surface area contributed by atoms with Gasteiger partial charge in [-0.1, -0.05) is 26.2 Å². The van der Waals surface area contributed by atoms with Gasteiger partial charge in [0.15, 0.2) is 0 Å². The lowest BCUT2D eigenvalue weighted by Gasteiger charge is -2.29. The molecule has 96 valence electrons. The Bertz CT molecular complexity index is 325. The topological polar surface area (TPSA) is 25.2 Å². The second kappa shape index (κ2) is 6.25. The van der Waals surface area contributed by atoms with Gasteiger partial charge in [0.25, 0.3) is 0 Å². The standard InChI is InChI=1S/C15H25NO/c1-3-11-16-15(13-7-5-4-6-8-13)14-10-9-12(2)17-14/h9-10,13,15-16H,3-8,11H2,1-2H3. The molecule has 1 aromatic rings. The summed E-state index contributed by atoms with van der Waals surface area (Å²) in [6.45, 7) is 5.33. The number of aryl methyl sites for hydroxylation is 1. The van der Waals surface area contributed by atoms with Crippen molar-refractivity contribution in [2.45, 2.75) is 58.4 Å². The Balaban J connectivity index is 2.06. The van der Waals surface area contributed by atoms with Gasteiger partial charge in [0.05, 0.1) is 6.04 Å². The van der Waals surface area contributed by atoms with Gasteiger partial charge in [0.2, 0.25) is 0 Å². The van der Waals surface area contributed by atoms with Crippen LogP contribution in [0.1, 0.15) is 63.0 Å². The Morgan fingerprint density at radius 2 is 2.06 bits per heavy atom. The van der Waals surface area contributed by atoms with Gasteiger partial charge in [0, 0.05) is 0 Å². The minimum atomic E-state index is 0.434. The summed E-state index contributed by atoms with van der Waals surface area (Å²) < 4.78 is 5.83. The first kappa shape index (κ1) is 12.7. The number of hydrogen-bond donors (Lipinski definition) is 1. The predicted molar refractivity (Wildman–Crippen MR) is 71.1 cm³/mol. The third kappa shape index (κ3) is 3.35. The molecule has 2 heteroatoms. The Labute approximate surface area is 105 Å². The van der Waals surface area contributed by atoms with E-state index >= 15 is 0 Å². The van der Waals surface area contributed by atoms with Crippen molar-refractivity contribution in [1.29, 1.82) is 0 Å². The molecule has 2 rings (SSSR count).